The van der Waals surface area contributed by atoms with E-state index in [0.29, 0.717) is 23.0 Å². The zero-order valence-corrected chi connectivity index (χ0v) is 14.7. The van der Waals surface area contributed by atoms with Crippen molar-refractivity contribution in [2.75, 3.05) is 10.7 Å². The second-order valence-corrected chi connectivity index (χ2v) is 6.10. The third-order valence-corrected chi connectivity index (χ3v) is 3.85. The van der Waals surface area contributed by atoms with E-state index in [1.54, 1.807) is 18.4 Å². The second kappa shape index (κ2) is 6.84. The van der Waals surface area contributed by atoms with E-state index in [1.165, 1.54) is 6.21 Å². The Morgan fingerprint density at radius 3 is 2.48 bits per heavy atom. The molecule has 1 aromatic carbocycles. The summed E-state index contributed by atoms with van der Waals surface area (Å²) in [5.41, 5.74) is 4.26. The molecule has 4 aromatic rings. The standard InChI is InChI=1S/C15H10IN7O2/c16-9-3-5-10(6-4-9)18-12-13(20-15-14(19-12)22-25-23-15)21-17-8-11-2-1-7-24-11/h1-8H,(H,18,19,22)(H,20,21,23). The number of benzene rings is 1. The summed E-state index contributed by atoms with van der Waals surface area (Å²) in [6.45, 7) is 0. The number of hydrazone groups is 1. The van der Waals surface area contributed by atoms with E-state index in [-0.39, 0.29) is 5.65 Å². The maximum absolute atomic E-state index is 5.19. The van der Waals surface area contributed by atoms with Gasteiger partial charge in [-0.3, -0.25) is 5.43 Å². The topological polar surface area (TPSA) is 114 Å². The van der Waals surface area contributed by atoms with Crippen LogP contribution in [0, 0.1) is 3.57 Å². The summed E-state index contributed by atoms with van der Waals surface area (Å²) in [6, 6.07) is 11.4. The van der Waals surface area contributed by atoms with Gasteiger partial charge >= 0.3 is 0 Å². The lowest BCUT2D eigenvalue weighted by atomic mass is 10.3. The van der Waals surface area contributed by atoms with Gasteiger partial charge < -0.3 is 9.73 Å². The lowest BCUT2D eigenvalue weighted by Crippen LogP contribution is -2.03. The van der Waals surface area contributed by atoms with Gasteiger partial charge in [-0.2, -0.15) is 10.1 Å². The van der Waals surface area contributed by atoms with Crippen molar-refractivity contribution in [3.05, 3.63) is 52.0 Å². The van der Waals surface area contributed by atoms with Gasteiger partial charge in [0.1, 0.15) is 5.76 Å². The Morgan fingerprint density at radius 2 is 1.76 bits per heavy atom. The highest BCUT2D eigenvalue weighted by atomic mass is 127. The van der Waals surface area contributed by atoms with Crippen LogP contribution in [0.25, 0.3) is 11.3 Å². The molecule has 0 spiro atoms. The molecule has 0 bridgehead atoms. The van der Waals surface area contributed by atoms with E-state index >= 15 is 0 Å². The summed E-state index contributed by atoms with van der Waals surface area (Å²) >= 11 is 2.24. The molecule has 0 unspecified atom stereocenters. The van der Waals surface area contributed by atoms with Gasteiger partial charge in [0.15, 0.2) is 11.6 Å². The van der Waals surface area contributed by atoms with E-state index in [0.717, 1.165) is 9.26 Å². The highest BCUT2D eigenvalue weighted by Crippen LogP contribution is 2.24. The SMILES string of the molecule is Ic1ccc(Nc2nc3nonc3nc2NN=Cc2ccco2)cc1. The molecule has 10 heteroatoms. The van der Waals surface area contributed by atoms with Crippen LogP contribution in [0.4, 0.5) is 17.3 Å². The molecule has 0 fully saturated rings. The van der Waals surface area contributed by atoms with Crippen molar-refractivity contribution in [1.82, 2.24) is 20.3 Å². The molecule has 0 atom stereocenters. The van der Waals surface area contributed by atoms with Gasteiger partial charge in [-0.05, 0) is 69.3 Å². The van der Waals surface area contributed by atoms with Gasteiger partial charge in [0, 0.05) is 9.26 Å². The van der Waals surface area contributed by atoms with Gasteiger partial charge in [-0.25, -0.2) is 9.61 Å². The van der Waals surface area contributed by atoms with E-state index < -0.39 is 0 Å². The number of nitrogens with zero attached hydrogens (tertiary/aromatic N) is 5. The van der Waals surface area contributed by atoms with Crippen molar-refractivity contribution >= 4 is 57.4 Å². The molecule has 9 nitrogen and oxygen atoms in total. The molecule has 0 saturated heterocycles. The first-order valence-corrected chi connectivity index (χ1v) is 8.21. The van der Waals surface area contributed by atoms with Crippen LogP contribution in [0.5, 0.6) is 0 Å². The molecule has 3 heterocycles. The van der Waals surface area contributed by atoms with Crippen molar-refractivity contribution in [3.63, 3.8) is 0 Å². The minimum Gasteiger partial charge on any atom is -0.463 e. The fraction of sp³-hybridized carbons (Fsp3) is 0. The van der Waals surface area contributed by atoms with Crippen LogP contribution in [0.3, 0.4) is 0 Å². The Hall–Kier alpha value is -3.02. The quantitative estimate of drug-likeness (QED) is 0.272. The molecule has 0 aliphatic heterocycles. The molecule has 0 amide bonds. The number of nitrogens with one attached hydrogen (secondary N) is 2. The predicted octanol–water partition coefficient (Wildman–Crippen LogP) is 3.40. The zero-order valence-electron chi connectivity index (χ0n) is 12.5. The summed E-state index contributed by atoms with van der Waals surface area (Å²) in [5.74, 6) is 1.43. The lowest BCUT2D eigenvalue weighted by molar-refractivity contribution is 0.314. The number of hydrogen-bond donors (Lipinski definition) is 2. The first-order valence-electron chi connectivity index (χ1n) is 7.13. The maximum Gasteiger partial charge on any atom is 0.245 e. The number of rotatable bonds is 5. The fourth-order valence-electron chi connectivity index (χ4n) is 1.99. The Balaban J connectivity index is 1.64. The van der Waals surface area contributed by atoms with Crippen LogP contribution in [0.15, 0.2) is 56.8 Å². The molecule has 0 saturated carbocycles. The first-order chi connectivity index (χ1) is 12.3. The monoisotopic (exact) mass is 447 g/mol. The summed E-state index contributed by atoms with van der Waals surface area (Å²) in [6.07, 6.45) is 3.10. The van der Waals surface area contributed by atoms with Crippen LogP contribution in [0.1, 0.15) is 5.76 Å². The number of fused-ring (bicyclic) bond motifs is 1. The van der Waals surface area contributed by atoms with Gasteiger partial charge in [-0.15, -0.1) is 0 Å². The Kier molecular flexibility index (Phi) is 4.24. The first kappa shape index (κ1) is 15.5. The molecule has 124 valence electrons. The highest BCUT2D eigenvalue weighted by molar-refractivity contribution is 14.1. The summed E-state index contributed by atoms with van der Waals surface area (Å²) < 4.78 is 11.0. The molecule has 0 radical (unpaired) electrons. The normalized spacial score (nSPS) is 11.2. The summed E-state index contributed by atoms with van der Waals surface area (Å²) in [4.78, 5) is 8.68. The molecular formula is C15H10IN7O2. The molecule has 3 aromatic heterocycles. The lowest BCUT2D eigenvalue weighted by Gasteiger charge is -2.09. The molecule has 0 aliphatic carbocycles. The third kappa shape index (κ3) is 3.57. The van der Waals surface area contributed by atoms with E-state index in [2.05, 4.69) is 63.3 Å². The van der Waals surface area contributed by atoms with Crippen LogP contribution >= 0.6 is 22.6 Å². The van der Waals surface area contributed by atoms with Crippen molar-refractivity contribution in [2.45, 2.75) is 0 Å². The number of hydrogen-bond acceptors (Lipinski definition) is 9. The van der Waals surface area contributed by atoms with Gasteiger partial charge in [0.05, 0.1) is 12.5 Å². The Bertz CT molecular complexity index is 1010. The smallest absolute Gasteiger partial charge is 0.245 e. The van der Waals surface area contributed by atoms with Gasteiger partial charge in [-0.1, -0.05) is 0 Å². The van der Waals surface area contributed by atoms with Crippen molar-refractivity contribution in [3.8, 4) is 0 Å². The number of furan rings is 1. The van der Waals surface area contributed by atoms with Gasteiger partial charge in [0.2, 0.25) is 11.3 Å². The van der Waals surface area contributed by atoms with E-state index in [9.17, 15) is 0 Å². The second-order valence-electron chi connectivity index (χ2n) is 4.85. The maximum atomic E-state index is 5.19. The molecule has 2 N–H and O–H groups in total. The van der Waals surface area contributed by atoms with E-state index in [1.807, 2.05) is 24.3 Å². The number of aromatic nitrogens is 4. The van der Waals surface area contributed by atoms with Gasteiger partial charge in [0.25, 0.3) is 0 Å². The third-order valence-electron chi connectivity index (χ3n) is 3.13. The Morgan fingerprint density at radius 1 is 1.00 bits per heavy atom. The van der Waals surface area contributed by atoms with Crippen LogP contribution in [0.2, 0.25) is 0 Å². The molecule has 0 aliphatic rings. The van der Waals surface area contributed by atoms with Crippen LogP contribution in [-0.4, -0.2) is 26.5 Å². The minimum atomic E-state index is 0.281. The highest BCUT2D eigenvalue weighted by Gasteiger charge is 2.12. The zero-order chi connectivity index (χ0) is 17.1. The Labute approximate surface area is 154 Å². The number of anilines is 3. The molecule has 4 rings (SSSR count). The average molecular weight is 447 g/mol. The molecule has 25 heavy (non-hydrogen) atoms. The largest absolute Gasteiger partial charge is 0.463 e. The summed E-state index contributed by atoms with van der Waals surface area (Å²) in [5, 5.41) is 14.7. The predicted molar refractivity (Wildman–Crippen MR) is 99.8 cm³/mol. The minimum absolute atomic E-state index is 0.281. The van der Waals surface area contributed by atoms with Crippen LogP contribution < -0.4 is 10.7 Å². The van der Waals surface area contributed by atoms with Crippen LogP contribution in [-0.2, 0) is 0 Å². The van der Waals surface area contributed by atoms with Crippen molar-refractivity contribution in [1.29, 1.82) is 0 Å². The van der Waals surface area contributed by atoms with Crippen molar-refractivity contribution < 1.29 is 9.05 Å². The average Bonchev–Trinajstić information content (AvgIpc) is 3.28. The molecular weight excluding hydrogens is 437 g/mol. The van der Waals surface area contributed by atoms with E-state index in [4.69, 9.17) is 4.42 Å². The number of halogens is 1. The fourth-order valence-corrected chi connectivity index (χ4v) is 2.35. The van der Waals surface area contributed by atoms with Crippen molar-refractivity contribution in [2.24, 2.45) is 5.10 Å². The summed E-state index contributed by atoms with van der Waals surface area (Å²) in [7, 11) is 0.